The minimum Gasteiger partial charge on any atom is -0.364 e. The normalized spacial score (nSPS) is 17.3. The summed E-state index contributed by atoms with van der Waals surface area (Å²) in [7, 11) is 3.42. The molecule has 5 heterocycles. The van der Waals surface area contributed by atoms with Gasteiger partial charge in [-0.2, -0.15) is 8.81 Å². The minimum absolute atomic E-state index is 0.0436. The second kappa shape index (κ2) is 10.1. The largest absolute Gasteiger partial charge is 0.364 e. The SMILES string of the molecule is c1c[nH]c(SN2SC(Sc3cc[nH]n3)=C(Sc3ccon3)C2SSc2nccs2)n1. The topological polar surface area (TPSA) is 99.5 Å². The van der Waals surface area contributed by atoms with Gasteiger partial charge in [-0.3, -0.25) is 5.10 Å². The molecule has 4 aromatic rings. The Hall–Kier alpha value is -0.940. The highest BCUT2D eigenvalue weighted by atomic mass is 33.1. The van der Waals surface area contributed by atoms with Crippen LogP contribution >= 0.6 is 80.3 Å². The van der Waals surface area contributed by atoms with E-state index in [1.807, 2.05) is 36.1 Å². The standard InChI is InChI=1S/C15H11N7OS7/c1-3-19-20-9(1)26-13-11(25-10-2-7-23-21-10)12(29-30-15-18-6-8-24-15)22(27-13)28-14-16-4-5-17-14/h1-8,12H,(H,16,17)(H,19,20). The van der Waals surface area contributed by atoms with Gasteiger partial charge in [0.15, 0.2) is 9.50 Å². The van der Waals surface area contributed by atoms with E-state index in [1.165, 1.54) is 4.91 Å². The Bertz CT molecular complexity index is 1070. The zero-order valence-electron chi connectivity index (χ0n) is 14.7. The first-order valence-corrected chi connectivity index (χ1v) is 14.5. The third kappa shape index (κ3) is 5.09. The van der Waals surface area contributed by atoms with Crippen molar-refractivity contribution >= 4 is 80.3 Å². The fraction of sp³-hybridized carbons (Fsp3) is 0.0667. The van der Waals surface area contributed by atoms with Gasteiger partial charge >= 0.3 is 0 Å². The Labute approximate surface area is 200 Å². The number of nitrogens with zero attached hydrogens (tertiary/aromatic N) is 5. The summed E-state index contributed by atoms with van der Waals surface area (Å²) in [5.41, 5.74) is 0. The van der Waals surface area contributed by atoms with Gasteiger partial charge < -0.3 is 9.51 Å². The average Bonchev–Trinajstić information content (AvgIpc) is 3.57. The molecular weight excluding hydrogens is 519 g/mol. The second-order valence-electron chi connectivity index (χ2n) is 5.30. The van der Waals surface area contributed by atoms with Gasteiger partial charge in [-0.1, -0.05) is 39.5 Å². The van der Waals surface area contributed by atoms with Crippen molar-refractivity contribution in [2.45, 2.75) is 24.9 Å². The summed E-state index contributed by atoms with van der Waals surface area (Å²) in [4.78, 5) is 13.1. The van der Waals surface area contributed by atoms with Gasteiger partial charge in [-0.25, -0.2) is 9.97 Å². The first-order valence-electron chi connectivity index (χ1n) is 8.22. The fourth-order valence-electron chi connectivity index (χ4n) is 2.17. The molecule has 154 valence electrons. The van der Waals surface area contributed by atoms with E-state index in [9.17, 15) is 0 Å². The number of hydrogen-bond acceptors (Lipinski definition) is 13. The first-order chi connectivity index (χ1) is 14.8. The number of hydrogen-bond donors (Lipinski definition) is 2. The number of aromatic nitrogens is 6. The smallest absolute Gasteiger partial charge is 0.181 e. The van der Waals surface area contributed by atoms with Crippen molar-refractivity contribution < 1.29 is 4.52 Å². The Balaban J connectivity index is 1.44. The number of H-pyrrole nitrogens is 2. The minimum atomic E-state index is 0.0436. The summed E-state index contributed by atoms with van der Waals surface area (Å²) in [5.74, 6) is 0. The van der Waals surface area contributed by atoms with Gasteiger partial charge in [0, 0.05) is 53.1 Å². The summed E-state index contributed by atoms with van der Waals surface area (Å²) in [6, 6.07) is 3.84. The van der Waals surface area contributed by atoms with Crippen LogP contribution in [0.5, 0.6) is 0 Å². The van der Waals surface area contributed by atoms with Gasteiger partial charge in [0.25, 0.3) is 0 Å². The number of aromatic amines is 2. The van der Waals surface area contributed by atoms with Gasteiger partial charge in [0.2, 0.25) is 0 Å². The average molecular weight is 530 g/mol. The summed E-state index contributed by atoms with van der Waals surface area (Å²) >= 11 is 8.12. The lowest BCUT2D eigenvalue weighted by Crippen LogP contribution is -2.15. The van der Waals surface area contributed by atoms with Crippen molar-refractivity contribution in [2.75, 3.05) is 0 Å². The molecule has 0 bridgehead atoms. The van der Waals surface area contributed by atoms with Gasteiger partial charge in [-0.05, 0) is 28.8 Å². The molecule has 0 fully saturated rings. The van der Waals surface area contributed by atoms with Crippen LogP contribution in [0.3, 0.4) is 0 Å². The Morgan fingerprint density at radius 2 is 2.10 bits per heavy atom. The van der Waals surface area contributed by atoms with Crippen LogP contribution in [0, 0.1) is 0 Å². The molecule has 1 unspecified atom stereocenters. The van der Waals surface area contributed by atoms with E-state index in [2.05, 4.69) is 34.0 Å². The molecule has 1 aliphatic rings. The van der Waals surface area contributed by atoms with E-state index in [4.69, 9.17) is 4.52 Å². The highest BCUT2D eigenvalue weighted by Gasteiger charge is 2.38. The summed E-state index contributed by atoms with van der Waals surface area (Å²) in [6.45, 7) is 0. The first kappa shape index (κ1) is 20.9. The van der Waals surface area contributed by atoms with Crippen LogP contribution in [-0.4, -0.2) is 39.4 Å². The second-order valence-corrected chi connectivity index (χ2v) is 13.3. The molecule has 2 N–H and O–H groups in total. The van der Waals surface area contributed by atoms with Crippen LogP contribution in [0.25, 0.3) is 0 Å². The molecule has 0 spiro atoms. The van der Waals surface area contributed by atoms with Crippen molar-refractivity contribution in [1.82, 2.24) is 34.0 Å². The molecule has 0 amide bonds. The predicted molar refractivity (Wildman–Crippen MR) is 127 cm³/mol. The maximum absolute atomic E-state index is 5.05. The highest BCUT2D eigenvalue weighted by Crippen LogP contribution is 2.59. The maximum Gasteiger partial charge on any atom is 0.181 e. The summed E-state index contributed by atoms with van der Waals surface area (Å²) in [5, 5.41) is 15.9. The van der Waals surface area contributed by atoms with Gasteiger partial charge in [-0.15, -0.1) is 11.3 Å². The lowest BCUT2D eigenvalue weighted by atomic mass is 10.6. The van der Waals surface area contributed by atoms with Gasteiger partial charge in [0.05, 0.1) is 4.24 Å². The number of thioether (sulfide) groups is 2. The van der Waals surface area contributed by atoms with E-state index < -0.39 is 0 Å². The molecule has 5 rings (SSSR count). The monoisotopic (exact) mass is 529 g/mol. The van der Waals surface area contributed by atoms with Crippen molar-refractivity contribution in [3.8, 4) is 0 Å². The molecule has 0 aliphatic carbocycles. The van der Waals surface area contributed by atoms with Crippen LogP contribution in [0.1, 0.15) is 0 Å². The Morgan fingerprint density at radius 3 is 2.83 bits per heavy atom. The molecule has 0 saturated heterocycles. The van der Waals surface area contributed by atoms with Crippen molar-refractivity contribution in [3.05, 3.63) is 57.7 Å². The molecule has 30 heavy (non-hydrogen) atoms. The van der Waals surface area contributed by atoms with Crippen LogP contribution in [0.15, 0.2) is 81.8 Å². The Morgan fingerprint density at radius 1 is 1.10 bits per heavy atom. The van der Waals surface area contributed by atoms with E-state index in [1.54, 1.807) is 92.8 Å². The quantitative estimate of drug-likeness (QED) is 0.194. The molecule has 15 heteroatoms. The molecule has 0 aromatic carbocycles. The van der Waals surface area contributed by atoms with E-state index >= 15 is 0 Å². The number of imidazole rings is 1. The summed E-state index contributed by atoms with van der Waals surface area (Å²) < 4.78 is 9.46. The van der Waals surface area contributed by atoms with E-state index in [-0.39, 0.29) is 5.37 Å². The molecule has 4 aromatic heterocycles. The van der Waals surface area contributed by atoms with Crippen LogP contribution in [0.2, 0.25) is 0 Å². The zero-order valence-corrected chi connectivity index (χ0v) is 20.4. The number of nitrogens with one attached hydrogen (secondary N) is 2. The lowest BCUT2D eigenvalue weighted by molar-refractivity contribution is 0.404. The third-order valence-electron chi connectivity index (χ3n) is 3.36. The predicted octanol–water partition coefficient (Wildman–Crippen LogP) is 6.07. The van der Waals surface area contributed by atoms with Crippen molar-refractivity contribution in [3.63, 3.8) is 0 Å². The molecule has 0 radical (unpaired) electrons. The number of rotatable bonds is 9. The van der Waals surface area contributed by atoms with Crippen LogP contribution in [0.4, 0.5) is 0 Å². The van der Waals surface area contributed by atoms with Crippen molar-refractivity contribution in [2.24, 2.45) is 0 Å². The molecule has 1 aliphatic heterocycles. The fourth-order valence-corrected chi connectivity index (χ4v) is 11.3. The van der Waals surface area contributed by atoms with Crippen LogP contribution in [-0.2, 0) is 0 Å². The molecule has 8 nitrogen and oxygen atoms in total. The number of thiazole rings is 1. The lowest BCUT2D eigenvalue weighted by Gasteiger charge is -2.21. The van der Waals surface area contributed by atoms with Gasteiger partial charge in [0.1, 0.15) is 21.7 Å². The Kier molecular flexibility index (Phi) is 7.06. The van der Waals surface area contributed by atoms with Crippen LogP contribution < -0.4 is 0 Å². The summed E-state index contributed by atoms with van der Waals surface area (Å²) in [6.07, 6.45) is 8.83. The third-order valence-corrected chi connectivity index (χ3v) is 12.1. The van der Waals surface area contributed by atoms with E-state index in [0.717, 1.165) is 23.8 Å². The molecular formula is C15H11N7OS7. The van der Waals surface area contributed by atoms with Crippen molar-refractivity contribution in [1.29, 1.82) is 0 Å². The maximum atomic E-state index is 5.05. The van der Waals surface area contributed by atoms with E-state index in [0.29, 0.717) is 0 Å². The highest BCUT2D eigenvalue weighted by molar-refractivity contribution is 8.77. The molecule has 0 saturated carbocycles. The molecule has 1 atom stereocenters. The zero-order chi connectivity index (χ0) is 20.2.